The van der Waals surface area contributed by atoms with Gasteiger partial charge in [-0.3, -0.25) is 0 Å². The van der Waals surface area contributed by atoms with Crippen LogP contribution in [0.25, 0.3) is 22.3 Å². The number of halogens is 2. The van der Waals surface area contributed by atoms with Crippen molar-refractivity contribution in [1.29, 1.82) is 0 Å². The van der Waals surface area contributed by atoms with Crippen molar-refractivity contribution in [3.63, 3.8) is 0 Å². The topological polar surface area (TPSA) is 0 Å². The van der Waals surface area contributed by atoms with Gasteiger partial charge in [-0.05, 0) is 34.7 Å². The molecule has 0 heterocycles. The van der Waals surface area contributed by atoms with Gasteiger partial charge in [0, 0.05) is 0 Å². The van der Waals surface area contributed by atoms with Crippen LogP contribution in [0.3, 0.4) is 0 Å². The molecule has 3 rings (SSSR count). The minimum atomic E-state index is -0.826. The molecule has 0 spiro atoms. The Kier molecular flexibility index (Phi) is 6.29. The van der Waals surface area contributed by atoms with Crippen LogP contribution in [-0.2, 0) is 20.8 Å². The van der Waals surface area contributed by atoms with Crippen LogP contribution in [-0.4, -0.2) is 0 Å². The molecule has 2 aliphatic carbocycles. The predicted molar refractivity (Wildman–Crippen MR) is 84.9 cm³/mol. The van der Waals surface area contributed by atoms with Gasteiger partial charge in [-0.2, -0.15) is 0 Å². The molecule has 0 aromatic heterocycles. The zero-order chi connectivity index (χ0) is 14.4. The molecule has 0 saturated carbocycles. The molecule has 0 fully saturated rings. The summed E-state index contributed by atoms with van der Waals surface area (Å²) in [7, 11) is 9.87. The van der Waals surface area contributed by atoms with Gasteiger partial charge in [-0.25, -0.2) is 0 Å². The third-order valence-electron chi connectivity index (χ3n) is 3.09. The molecule has 3 heteroatoms. The summed E-state index contributed by atoms with van der Waals surface area (Å²) in [6.45, 7) is 2.15. The standard InChI is InChI=1S/C17H14.2ClH.Zr/c1-13-11-15-9-5-6-10-16(17(15)12-13)14-7-3-2-4-8-14;;;/h2-12H,1H3;2*1H;/q;;;+2/p-2. The van der Waals surface area contributed by atoms with Gasteiger partial charge in [-0.1, -0.05) is 66.7 Å². The molecule has 0 bridgehead atoms. The minimum absolute atomic E-state index is 0.826. The Morgan fingerprint density at radius 1 is 0.700 bits per heavy atom. The summed E-state index contributed by atoms with van der Waals surface area (Å²) in [5.41, 5.74) is 6.55. The van der Waals surface area contributed by atoms with Gasteiger partial charge in [0.2, 0.25) is 0 Å². The van der Waals surface area contributed by atoms with E-state index in [1.54, 1.807) is 0 Å². The molecule has 0 atom stereocenters. The van der Waals surface area contributed by atoms with E-state index in [4.69, 9.17) is 17.0 Å². The number of benzene rings is 1. The molecule has 0 amide bonds. The van der Waals surface area contributed by atoms with E-state index in [1.807, 2.05) is 0 Å². The Bertz CT molecular complexity index is 638. The van der Waals surface area contributed by atoms with Crippen LogP contribution >= 0.6 is 17.0 Å². The van der Waals surface area contributed by atoms with Crippen molar-refractivity contribution in [3.05, 3.63) is 72.3 Å². The van der Waals surface area contributed by atoms with Crippen LogP contribution < -0.4 is 0 Å². The van der Waals surface area contributed by atoms with Crippen molar-refractivity contribution < 1.29 is 20.8 Å². The van der Waals surface area contributed by atoms with Gasteiger partial charge in [0.1, 0.15) is 0 Å². The Balaban J connectivity index is 0.000000452. The Labute approximate surface area is 138 Å². The van der Waals surface area contributed by atoms with E-state index in [-0.39, 0.29) is 0 Å². The van der Waals surface area contributed by atoms with Crippen LogP contribution in [0.1, 0.15) is 5.56 Å². The summed E-state index contributed by atoms with van der Waals surface area (Å²) in [5, 5.41) is 0. The van der Waals surface area contributed by atoms with Gasteiger partial charge < -0.3 is 0 Å². The van der Waals surface area contributed by atoms with E-state index in [2.05, 4.69) is 73.7 Å². The van der Waals surface area contributed by atoms with E-state index < -0.39 is 20.8 Å². The molecule has 100 valence electrons. The van der Waals surface area contributed by atoms with Crippen LogP contribution in [0.2, 0.25) is 0 Å². The molecular weight excluding hydrogens is 366 g/mol. The Morgan fingerprint density at radius 3 is 1.95 bits per heavy atom. The fourth-order valence-corrected chi connectivity index (χ4v) is 2.32. The maximum absolute atomic E-state index is 4.93. The summed E-state index contributed by atoms with van der Waals surface area (Å²) in [6, 6.07) is 23.6. The summed E-state index contributed by atoms with van der Waals surface area (Å²) >= 11 is -0.826. The normalized spacial score (nSPS) is 9.75. The van der Waals surface area contributed by atoms with Crippen molar-refractivity contribution >= 4 is 17.0 Å². The van der Waals surface area contributed by atoms with Crippen LogP contribution in [0.5, 0.6) is 0 Å². The second-order valence-corrected chi connectivity index (χ2v) is 8.20. The number of hydrogen-bond donors (Lipinski definition) is 0. The zero-order valence-corrected chi connectivity index (χ0v) is 15.1. The first-order valence-electron chi connectivity index (χ1n) is 6.27. The number of aryl methyl sites for hydroxylation is 1. The first kappa shape index (κ1) is 15.8. The second-order valence-electron chi connectivity index (χ2n) is 4.47. The maximum atomic E-state index is 4.93. The van der Waals surface area contributed by atoms with Crippen molar-refractivity contribution in [1.82, 2.24) is 0 Å². The van der Waals surface area contributed by atoms with Crippen molar-refractivity contribution in [2.24, 2.45) is 0 Å². The molecule has 0 saturated heterocycles. The van der Waals surface area contributed by atoms with Crippen LogP contribution in [0.15, 0.2) is 66.7 Å². The SMILES string of the molecule is Cc1cc2ccccc(-c3ccccc3)c-2c1.[Cl][Zr][Cl]. The molecular formula is C17H14Cl2Zr. The van der Waals surface area contributed by atoms with E-state index in [0.29, 0.717) is 0 Å². The van der Waals surface area contributed by atoms with Crippen LogP contribution in [0, 0.1) is 6.92 Å². The molecule has 1 aromatic rings. The number of fused-ring (bicyclic) bond motifs is 1. The fourth-order valence-electron chi connectivity index (χ4n) is 2.32. The van der Waals surface area contributed by atoms with Gasteiger partial charge in [0.25, 0.3) is 0 Å². The molecule has 0 aliphatic heterocycles. The van der Waals surface area contributed by atoms with Gasteiger partial charge in [0.15, 0.2) is 0 Å². The number of hydrogen-bond acceptors (Lipinski definition) is 0. The second kappa shape index (κ2) is 7.98. The third kappa shape index (κ3) is 3.95. The molecule has 0 nitrogen and oxygen atoms in total. The first-order chi connectivity index (χ1) is 9.76. The Hall–Kier alpha value is -0.617. The molecule has 1 aromatic carbocycles. The summed E-state index contributed by atoms with van der Waals surface area (Å²) in [4.78, 5) is 0. The van der Waals surface area contributed by atoms with E-state index in [9.17, 15) is 0 Å². The summed E-state index contributed by atoms with van der Waals surface area (Å²) < 4.78 is 0. The van der Waals surface area contributed by atoms with Gasteiger partial charge >= 0.3 is 37.9 Å². The quantitative estimate of drug-likeness (QED) is 0.475. The molecule has 0 N–H and O–H groups in total. The van der Waals surface area contributed by atoms with Gasteiger partial charge in [-0.15, -0.1) is 0 Å². The average Bonchev–Trinajstić information content (AvgIpc) is 2.71. The summed E-state index contributed by atoms with van der Waals surface area (Å²) in [5.74, 6) is 0. The first-order valence-corrected chi connectivity index (χ1v) is 12.6. The monoisotopic (exact) mass is 378 g/mol. The van der Waals surface area contributed by atoms with Crippen molar-refractivity contribution in [2.45, 2.75) is 6.92 Å². The molecule has 0 unspecified atom stereocenters. The summed E-state index contributed by atoms with van der Waals surface area (Å²) in [6.07, 6.45) is 0. The Morgan fingerprint density at radius 2 is 1.25 bits per heavy atom. The van der Waals surface area contributed by atoms with Gasteiger partial charge in [0.05, 0.1) is 0 Å². The molecule has 0 radical (unpaired) electrons. The fraction of sp³-hybridized carbons (Fsp3) is 0.0588. The number of rotatable bonds is 1. The average molecular weight is 380 g/mol. The van der Waals surface area contributed by atoms with E-state index >= 15 is 0 Å². The van der Waals surface area contributed by atoms with E-state index in [1.165, 1.54) is 27.8 Å². The van der Waals surface area contributed by atoms with Crippen LogP contribution in [0.4, 0.5) is 0 Å². The van der Waals surface area contributed by atoms with E-state index in [0.717, 1.165) is 0 Å². The molecule has 20 heavy (non-hydrogen) atoms. The third-order valence-corrected chi connectivity index (χ3v) is 3.09. The van der Waals surface area contributed by atoms with Crippen molar-refractivity contribution in [2.75, 3.05) is 0 Å². The van der Waals surface area contributed by atoms with Crippen molar-refractivity contribution in [3.8, 4) is 22.3 Å². The zero-order valence-electron chi connectivity index (χ0n) is 11.1. The predicted octanol–water partition coefficient (Wildman–Crippen LogP) is 6.14. The molecule has 2 aliphatic rings.